The summed E-state index contributed by atoms with van der Waals surface area (Å²) in [5.74, 6) is -1.23. The van der Waals surface area contributed by atoms with Crippen LogP contribution in [0.5, 0.6) is 0 Å². The minimum atomic E-state index is -1.23. The second-order valence-corrected chi connectivity index (χ2v) is 3.36. The van der Waals surface area contributed by atoms with Gasteiger partial charge >= 0.3 is 12.0 Å². The molecule has 0 aromatic carbocycles. The predicted molar refractivity (Wildman–Crippen MR) is 47.8 cm³/mol. The summed E-state index contributed by atoms with van der Waals surface area (Å²) in [6.45, 7) is -0.598. The lowest BCUT2D eigenvalue weighted by Gasteiger charge is -2.19. The molecule has 0 aliphatic heterocycles. The van der Waals surface area contributed by atoms with Gasteiger partial charge in [-0.1, -0.05) is 0 Å². The van der Waals surface area contributed by atoms with E-state index in [-0.39, 0.29) is 6.04 Å². The molecule has 0 aromatic heterocycles. The summed E-state index contributed by atoms with van der Waals surface area (Å²) in [6.07, 6.45) is 1.92. The first-order valence-electron chi connectivity index (χ1n) is 4.43. The second kappa shape index (κ2) is 4.28. The van der Waals surface area contributed by atoms with Crippen molar-refractivity contribution in [1.29, 1.82) is 0 Å². The van der Waals surface area contributed by atoms with Gasteiger partial charge in [0.15, 0.2) is 6.04 Å². The molecule has 0 spiro atoms. The van der Waals surface area contributed by atoms with Gasteiger partial charge in [-0.3, -0.25) is 0 Å². The fourth-order valence-corrected chi connectivity index (χ4v) is 1.06. The van der Waals surface area contributed by atoms with Gasteiger partial charge in [-0.05, 0) is 12.8 Å². The number of carbonyl (C=O) groups excluding carboxylic acids is 1. The maximum Gasteiger partial charge on any atom is 0.328 e. The van der Waals surface area contributed by atoms with E-state index >= 15 is 0 Å². The van der Waals surface area contributed by atoms with E-state index in [1.54, 1.807) is 7.05 Å². The molecule has 0 bridgehead atoms. The summed E-state index contributed by atoms with van der Waals surface area (Å²) >= 11 is 0. The number of nitrogens with one attached hydrogen (secondary N) is 1. The maximum absolute atomic E-state index is 11.3. The number of amides is 2. The number of rotatable bonds is 4. The fraction of sp³-hybridized carbons (Fsp3) is 0.750. The van der Waals surface area contributed by atoms with Crippen molar-refractivity contribution in [1.82, 2.24) is 10.2 Å². The molecule has 1 saturated carbocycles. The van der Waals surface area contributed by atoms with Crippen molar-refractivity contribution in [3.8, 4) is 0 Å². The predicted octanol–water partition coefficient (Wildman–Crippen LogP) is -0.764. The van der Waals surface area contributed by atoms with E-state index in [1.165, 1.54) is 4.90 Å². The third-order valence-electron chi connectivity index (χ3n) is 2.19. The molecule has 1 atom stereocenters. The topological polar surface area (TPSA) is 89.9 Å². The average molecular weight is 202 g/mol. The number of carboxylic acids is 1. The lowest BCUT2D eigenvalue weighted by molar-refractivity contribution is -0.140. The quantitative estimate of drug-likeness (QED) is 0.558. The van der Waals surface area contributed by atoms with Gasteiger partial charge in [0, 0.05) is 13.1 Å². The summed E-state index contributed by atoms with van der Waals surface area (Å²) in [5.41, 5.74) is 0. The maximum atomic E-state index is 11.3. The highest BCUT2D eigenvalue weighted by Gasteiger charge is 2.31. The van der Waals surface area contributed by atoms with Crippen LogP contribution in [0.15, 0.2) is 0 Å². The monoisotopic (exact) mass is 202 g/mol. The van der Waals surface area contributed by atoms with E-state index in [4.69, 9.17) is 10.2 Å². The Morgan fingerprint density at radius 1 is 1.57 bits per heavy atom. The molecule has 1 aliphatic rings. The Morgan fingerprint density at radius 2 is 2.14 bits per heavy atom. The van der Waals surface area contributed by atoms with Crippen LogP contribution in [-0.4, -0.2) is 52.9 Å². The van der Waals surface area contributed by atoms with Crippen molar-refractivity contribution in [2.45, 2.75) is 24.9 Å². The van der Waals surface area contributed by atoms with Gasteiger partial charge < -0.3 is 20.4 Å². The van der Waals surface area contributed by atoms with Gasteiger partial charge in [0.05, 0.1) is 6.61 Å². The van der Waals surface area contributed by atoms with Crippen molar-refractivity contribution in [2.75, 3.05) is 13.7 Å². The van der Waals surface area contributed by atoms with Crippen LogP contribution in [-0.2, 0) is 4.79 Å². The minimum Gasteiger partial charge on any atom is -0.480 e. The van der Waals surface area contributed by atoms with Gasteiger partial charge in [0.2, 0.25) is 0 Å². The summed E-state index contributed by atoms with van der Waals surface area (Å²) < 4.78 is 0. The first-order valence-corrected chi connectivity index (χ1v) is 4.43. The van der Waals surface area contributed by atoms with E-state index in [1.807, 2.05) is 0 Å². The Kier molecular flexibility index (Phi) is 3.29. The molecule has 2 amide bonds. The minimum absolute atomic E-state index is 0.225. The van der Waals surface area contributed by atoms with Crippen molar-refractivity contribution in [2.24, 2.45) is 0 Å². The van der Waals surface area contributed by atoms with Crippen LogP contribution < -0.4 is 5.32 Å². The molecule has 80 valence electrons. The zero-order valence-corrected chi connectivity index (χ0v) is 7.93. The van der Waals surface area contributed by atoms with Crippen LogP contribution in [0.25, 0.3) is 0 Å². The van der Waals surface area contributed by atoms with Crippen molar-refractivity contribution >= 4 is 12.0 Å². The van der Waals surface area contributed by atoms with Crippen LogP contribution >= 0.6 is 0 Å². The normalized spacial score (nSPS) is 17.3. The van der Waals surface area contributed by atoms with E-state index in [0.29, 0.717) is 0 Å². The molecule has 0 radical (unpaired) electrons. The highest BCUT2D eigenvalue weighted by atomic mass is 16.4. The first kappa shape index (κ1) is 10.8. The molecular weight excluding hydrogens is 188 g/mol. The van der Waals surface area contributed by atoms with E-state index in [9.17, 15) is 9.59 Å². The number of aliphatic carboxylic acids is 1. The largest absolute Gasteiger partial charge is 0.480 e. The number of hydrogen-bond donors (Lipinski definition) is 3. The molecule has 1 aliphatic carbocycles. The molecule has 3 N–H and O–H groups in total. The van der Waals surface area contributed by atoms with Gasteiger partial charge in [0.1, 0.15) is 0 Å². The van der Waals surface area contributed by atoms with Crippen LogP contribution in [0.3, 0.4) is 0 Å². The Labute approximate surface area is 81.5 Å². The third-order valence-corrected chi connectivity index (χ3v) is 2.19. The molecule has 6 heteroatoms. The number of aliphatic hydroxyl groups excluding tert-OH is 1. The Morgan fingerprint density at radius 3 is 2.50 bits per heavy atom. The number of urea groups is 1. The summed E-state index contributed by atoms with van der Waals surface area (Å²) in [4.78, 5) is 23.3. The van der Waals surface area contributed by atoms with Gasteiger partial charge in [0.25, 0.3) is 0 Å². The molecule has 1 fully saturated rings. The zero-order valence-electron chi connectivity index (χ0n) is 7.93. The number of aliphatic hydroxyl groups is 1. The van der Waals surface area contributed by atoms with Crippen molar-refractivity contribution < 1.29 is 19.8 Å². The molecule has 0 saturated heterocycles. The molecule has 6 nitrogen and oxygen atoms in total. The summed E-state index contributed by atoms with van der Waals surface area (Å²) in [5, 5.41) is 19.5. The number of carboxylic acid groups (broad SMARTS) is 1. The van der Waals surface area contributed by atoms with Gasteiger partial charge in [-0.15, -0.1) is 0 Å². The summed E-state index contributed by atoms with van der Waals surface area (Å²) in [6, 6.07) is -1.44. The molecular formula is C8H14N2O4. The second-order valence-electron chi connectivity index (χ2n) is 3.36. The van der Waals surface area contributed by atoms with Crippen molar-refractivity contribution in [3.63, 3.8) is 0 Å². The number of nitrogens with zero attached hydrogens (tertiary/aromatic N) is 1. The lowest BCUT2D eigenvalue weighted by atomic mass is 10.3. The fourth-order valence-electron chi connectivity index (χ4n) is 1.06. The van der Waals surface area contributed by atoms with Gasteiger partial charge in [-0.2, -0.15) is 0 Å². The van der Waals surface area contributed by atoms with Crippen LogP contribution in [0.2, 0.25) is 0 Å². The Balaban J connectivity index is 2.40. The van der Waals surface area contributed by atoms with E-state index < -0.39 is 24.6 Å². The smallest absolute Gasteiger partial charge is 0.328 e. The zero-order chi connectivity index (χ0) is 10.7. The highest BCUT2D eigenvalue weighted by Crippen LogP contribution is 2.25. The molecule has 0 aromatic rings. The van der Waals surface area contributed by atoms with E-state index in [0.717, 1.165) is 12.8 Å². The molecule has 1 rings (SSSR count). The number of hydrogen-bond acceptors (Lipinski definition) is 3. The Bertz CT molecular complexity index is 239. The summed E-state index contributed by atoms with van der Waals surface area (Å²) in [7, 11) is 1.61. The highest BCUT2D eigenvalue weighted by molar-refractivity contribution is 5.82. The Hall–Kier alpha value is -1.30. The van der Waals surface area contributed by atoms with Crippen LogP contribution in [0.4, 0.5) is 4.79 Å². The van der Waals surface area contributed by atoms with Crippen molar-refractivity contribution in [3.05, 3.63) is 0 Å². The third kappa shape index (κ3) is 2.59. The lowest BCUT2D eigenvalue weighted by Crippen LogP contribution is -2.49. The van der Waals surface area contributed by atoms with E-state index in [2.05, 4.69) is 5.32 Å². The molecule has 0 unspecified atom stereocenters. The average Bonchev–Trinajstić information content (AvgIpc) is 2.95. The first-order chi connectivity index (χ1) is 6.56. The van der Waals surface area contributed by atoms with Crippen LogP contribution in [0, 0.1) is 0 Å². The number of carbonyl (C=O) groups is 2. The molecule has 0 heterocycles. The van der Waals surface area contributed by atoms with Gasteiger partial charge in [-0.25, -0.2) is 9.59 Å². The molecule has 14 heavy (non-hydrogen) atoms. The SMILES string of the molecule is CN(C(=O)N[C@@H](CO)C(=O)O)C1CC1. The van der Waals surface area contributed by atoms with Crippen LogP contribution in [0.1, 0.15) is 12.8 Å². The standard InChI is InChI=1S/C8H14N2O4/c1-10(5-2-3-5)8(14)9-6(4-11)7(12)13/h5-6,11H,2-4H2,1H3,(H,9,14)(H,12,13)/t6-/m0/s1.